The number of aromatic amines is 1. The SMILES string of the molecule is CCC1CCCN1C(=O)c1n[nH]c(C2CC2)n1. The Morgan fingerprint density at radius 2 is 2.29 bits per heavy atom. The lowest BCUT2D eigenvalue weighted by atomic mass is 10.2. The number of rotatable bonds is 3. The Morgan fingerprint density at radius 1 is 1.47 bits per heavy atom. The number of likely N-dealkylation sites (tertiary alicyclic amines) is 1. The van der Waals surface area contributed by atoms with Crippen molar-refractivity contribution in [1.82, 2.24) is 20.1 Å². The highest BCUT2D eigenvalue weighted by atomic mass is 16.2. The number of aromatic nitrogens is 3. The van der Waals surface area contributed by atoms with Crippen LogP contribution in [0.3, 0.4) is 0 Å². The van der Waals surface area contributed by atoms with Crippen molar-refractivity contribution in [2.45, 2.75) is 51.0 Å². The third-order valence-corrected chi connectivity index (χ3v) is 3.77. The summed E-state index contributed by atoms with van der Waals surface area (Å²) in [6.45, 7) is 2.98. The molecular formula is C12H18N4O. The monoisotopic (exact) mass is 234 g/mol. The molecule has 3 rings (SSSR count). The van der Waals surface area contributed by atoms with E-state index in [9.17, 15) is 4.79 Å². The zero-order valence-corrected chi connectivity index (χ0v) is 10.1. The molecule has 2 fully saturated rings. The van der Waals surface area contributed by atoms with Crippen LogP contribution in [-0.4, -0.2) is 38.6 Å². The van der Waals surface area contributed by atoms with E-state index >= 15 is 0 Å². The number of nitrogens with zero attached hydrogens (tertiary/aromatic N) is 3. The molecule has 0 spiro atoms. The van der Waals surface area contributed by atoms with E-state index < -0.39 is 0 Å². The Morgan fingerprint density at radius 3 is 3.00 bits per heavy atom. The zero-order valence-electron chi connectivity index (χ0n) is 10.1. The molecule has 0 aromatic carbocycles. The van der Waals surface area contributed by atoms with Crippen LogP contribution >= 0.6 is 0 Å². The summed E-state index contributed by atoms with van der Waals surface area (Å²) in [6, 6.07) is 0.380. The van der Waals surface area contributed by atoms with Gasteiger partial charge in [0.15, 0.2) is 0 Å². The number of nitrogens with one attached hydrogen (secondary N) is 1. The number of H-pyrrole nitrogens is 1. The first kappa shape index (κ1) is 10.7. The van der Waals surface area contributed by atoms with Crippen molar-refractivity contribution in [2.75, 3.05) is 6.54 Å². The molecule has 1 saturated heterocycles. The molecule has 1 aliphatic heterocycles. The summed E-state index contributed by atoms with van der Waals surface area (Å²) in [5.41, 5.74) is 0. The predicted molar refractivity (Wildman–Crippen MR) is 62.7 cm³/mol. The van der Waals surface area contributed by atoms with E-state index in [-0.39, 0.29) is 5.91 Å². The zero-order chi connectivity index (χ0) is 11.8. The second kappa shape index (κ2) is 4.13. The Kier molecular flexibility index (Phi) is 2.61. The molecule has 1 aromatic rings. The fourth-order valence-electron chi connectivity index (χ4n) is 2.57. The molecule has 2 aliphatic rings. The Bertz CT molecular complexity index is 424. The maximum Gasteiger partial charge on any atom is 0.293 e. The van der Waals surface area contributed by atoms with Gasteiger partial charge in [-0.15, -0.1) is 5.10 Å². The summed E-state index contributed by atoms with van der Waals surface area (Å²) in [5.74, 6) is 1.76. The summed E-state index contributed by atoms with van der Waals surface area (Å²) in [7, 11) is 0. The molecule has 0 radical (unpaired) electrons. The molecule has 5 nitrogen and oxygen atoms in total. The van der Waals surface area contributed by atoms with Crippen LogP contribution in [0.5, 0.6) is 0 Å². The predicted octanol–water partition coefficient (Wildman–Crippen LogP) is 1.70. The van der Waals surface area contributed by atoms with Crippen molar-refractivity contribution >= 4 is 5.91 Å². The minimum Gasteiger partial charge on any atom is -0.333 e. The number of carbonyl (C=O) groups excluding carboxylic acids is 1. The minimum absolute atomic E-state index is 0.00231. The quantitative estimate of drug-likeness (QED) is 0.865. The van der Waals surface area contributed by atoms with Crippen molar-refractivity contribution in [2.24, 2.45) is 0 Å². The molecule has 1 N–H and O–H groups in total. The molecule has 2 heterocycles. The van der Waals surface area contributed by atoms with Gasteiger partial charge in [-0.25, -0.2) is 4.98 Å². The smallest absolute Gasteiger partial charge is 0.293 e. The number of hydrogen-bond acceptors (Lipinski definition) is 3. The first-order chi connectivity index (χ1) is 8.29. The highest BCUT2D eigenvalue weighted by Crippen LogP contribution is 2.37. The van der Waals surface area contributed by atoms with Gasteiger partial charge in [0.05, 0.1) is 0 Å². The molecule has 0 bridgehead atoms. The van der Waals surface area contributed by atoms with E-state index in [0.717, 1.165) is 31.6 Å². The molecule has 1 atom stereocenters. The van der Waals surface area contributed by atoms with Crippen LogP contribution in [-0.2, 0) is 0 Å². The van der Waals surface area contributed by atoms with E-state index in [0.29, 0.717) is 17.8 Å². The molecule has 1 saturated carbocycles. The summed E-state index contributed by atoms with van der Waals surface area (Å²) in [5, 5.41) is 6.96. The van der Waals surface area contributed by atoms with Crippen LogP contribution in [0.25, 0.3) is 0 Å². The Hall–Kier alpha value is -1.39. The van der Waals surface area contributed by atoms with Gasteiger partial charge in [-0.1, -0.05) is 6.92 Å². The Balaban J connectivity index is 1.75. The van der Waals surface area contributed by atoms with Crippen LogP contribution in [0.1, 0.15) is 61.4 Å². The van der Waals surface area contributed by atoms with E-state index in [1.54, 1.807) is 0 Å². The standard InChI is InChI=1S/C12H18N4O/c1-2-9-4-3-7-16(9)12(17)11-13-10(14-15-11)8-5-6-8/h8-9H,2-7H2,1H3,(H,13,14,15). The second-order valence-corrected chi connectivity index (χ2v) is 5.02. The number of hydrogen-bond donors (Lipinski definition) is 1. The first-order valence-corrected chi connectivity index (χ1v) is 6.53. The molecular weight excluding hydrogens is 216 g/mol. The summed E-state index contributed by atoms with van der Waals surface area (Å²) < 4.78 is 0. The maximum absolute atomic E-state index is 12.3. The third kappa shape index (κ3) is 1.94. The van der Waals surface area contributed by atoms with Gasteiger partial charge in [0, 0.05) is 18.5 Å². The van der Waals surface area contributed by atoms with Crippen molar-refractivity contribution in [3.05, 3.63) is 11.6 Å². The van der Waals surface area contributed by atoms with Crippen LogP contribution in [0, 0.1) is 0 Å². The van der Waals surface area contributed by atoms with E-state index in [4.69, 9.17) is 0 Å². The largest absolute Gasteiger partial charge is 0.333 e. The third-order valence-electron chi connectivity index (χ3n) is 3.77. The molecule has 1 amide bonds. The number of carbonyl (C=O) groups is 1. The lowest BCUT2D eigenvalue weighted by Crippen LogP contribution is -2.35. The fourth-order valence-corrected chi connectivity index (χ4v) is 2.57. The Labute approximate surface area is 101 Å². The molecule has 1 unspecified atom stereocenters. The van der Waals surface area contributed by atoms with Crippen LogP contribution < -0.4 is 0 Å². The van der Waals surface area contributed by atoms with Gasteiger partial charge in [-0.3, -0.25) is 9.89 Å². The fraction of sp³-hybridized carbons (Fsp3) is 0.750. The van der Waals surface area contributed by atoms with Gasteiger partial charge < -0.3 is 4.90 Å². The molecule has 1 aromatic heterocycles. The molecule has 5 heteroatoms. The van der Waals surface area contributed by atoms with Gasteiger partial charge in [0.2, 0.25) is 5.82 Å². The van der Waals surface area contributed by atoms with Crippen LogP contribution in [0.15, 0.2) is 0 Å². The summed E-state index contributed by atoms with van der Waals surface area (Å²) in [4.78, 5) is 18.5. The van der Waals surface area contributed by atoms with E-state index in [1.165, 1.54) is 12.8 Å². The summed E-state index contributed by atoms with van der Waals surface area (Å²) in [6.07, 6.45) is 5.58. The molecule has 92 valence electrons. The second-order valence-electron chi connectivity index (χ2n) is 5.02. The normalized spacial score (nSPS) is 24.3. The van der Waals surface area contributed by atoms with Crippen molar-refractivity contribution in [1.29, 1.82) is 0 Å². The topological polar surface area (TPSA) is 61.9 Å². The van der Waals surface area contributed by atoms with Crippen LogP contribution in [0.2, 0.25) is 0 Å². The summed E-state index contributed by atoms with van der Waals surface area (Å²) >= 11 is 0. The van der Waals surface area contributed by atoms with Crippen molar-refractivity contribution in [3.63, 3.8) is 0 Å². The maximum atomic E-state index is 12.3. The van der Waals surface area contributed by atoms with E-state index in [2.05, 4.69) is 22.1 Å². The van der Waals surface area contributed by atoms with Crippen LogP contribution in [0.4, 0.5) is 0 Å². The number of amides is 1. The minimum atomic E-state index is -0.00231. The van der Waals surface area contributed by atoms with Gasteiger partial charge in [0.1, 0.15) is 5.82 Å². The van der Waals surface area contributed by atoms with Gasteiger partial charge in [-0.05, 0) is 32.1 Å². The lowest BCUT2D eigenvalue weighted by Gasteiger charge is -2.21. The van der Waals surface area contributed by atoms with Crippen molar-refractivity contribution in [3.8, 4) is 0 Å². The van der Waals surface area contributed by atoms with E-state index in [1.807, 2.05) is 4.90 Å². The highest BCUT2D eigenvalue weighted by Gasteiger charge is 2.32. The average Bonchev–Trinajstić information content (AvgIpc) is 2.93. The van der Waals surface area contributed by atoms with Gasteiger partial charge in [-0.2, -0.15) is 0 Å². The first-order valence-electron chi connectivity index (χ1n) is 6.53. The van der Waals surface area contributed by atoms with Gasteiger partial charge in [0.25, 0.3) is 5.91 Å². The molecule has 17 heavy (non-hydrogen) atoms. The average molecular weight is 234 g/mol. The highest BCUT2D eigenvalue weighted by molar-refractivity contribution is 5.90. The van der Waals surface area contributed by atoms with Crippen molar-refractivity contribution < 1.29 is 4.79 Å². The van der Waals surface area contributed by atoms with Gasteiger partial charge >= 0.3 is 0 Å². The lowest BCUT2D eigenvalue weighted by molar-refractivity contribution is 0.0721. The molecule has 1 aliphatic carbocycles.